The number of rotatable bonds is 5. The normalized spacial score (nSPS) is 13.8. The zero-order valence-corrected chi connectivity index (χ0v) is 10.7. The van der Waals surface area contributed by atoms with Crippen LogP contribution in [0.15, 0.2) is 35.3 Å². The minimum atomic E-state index is -1.01. The lowest BCUT2D eigenvalue weighted by molar-refractivity contribution is -0.148. The van der Waals surface area contributed by atoms with Crippen molar-refractivity contribution in [2.75, 3.05) is 6.61 Å². The molecule has 0 heterocycles. The van der Waals surface area contributed by atoms with Crippen LogP contribution in [0.5, 0.6) is 0 Å². The van der Waals surface area contributed by atoms with Crippen LogP contribution in [0.2, 0.25) is 0 Å². The van der Waals surface area contributed by atoms with Crippen molar-refractivity contribution in [1.29, 1.82) is 0 Å². The molecule has 1 unspecified atom stereocenters. The van der Waals surface area contributed by atoms with Gasteiger partial charge in [0.05, 0.1) is 6.61 Å². The molecule has 94 valence electrons. The molecule has 3 nitrogen and oxygen atoms in total. The third-order valence-corrected chi connectivity index (χ3v) is 2.46. The average Bonchev–Trinajstić information content (AvgIpc) is 2.38. The van der Waals surface area contributed by atoms with E-state index in [-0.39, 0.29) is 6.42 Å². The summed E-state index contributed by atoms with van der Waals surface area (Å²) in [4.78, 5) is 16.1. The molecule has 1 aromatic rings. The first kappa shape index (κ1) is 14.0. The van der Waals surface area contributed by atoms with Crippen LogP contribution >= 0.6 is 0 Å². The fourth-order valence-corrected chi connectivity index (χ4v) is 1.41. The largest absolute Gasteiger partial charge is 0.464 e. The summed E-state index contributed by atoms with van der Waals surface area (Å²) in [6.45, 7) is 3.76. The molecular weight excluding hydrogens is 226 g/mol. The van der Waals surface area contributed by atoms with Crippen LogP contribution in [0.3, 0.4) is 0 Å². The van der Waals surface area contributed by atoms with E-state index in [0.717, 1.165) is 5.56 Å². The number of nitrogens with zero attached hydrogens (tertiary/aromatic N) is 1. The molecular formula is C15H17NO2. The predicted octanol–water partition coefficient (Wildman–Crippen LogP) is 2.45. The molecule has 0 saturated carbocycles. The molecule has 0 bridgehead atoms. The van der Waals surface area contributed by atoms with Gasteiger partial charge in [-0.3, -0.25) is 4.99 Å². The quantitative estimate of drug-likeness (QED) is 0.452. The maximum atomic E-state index is 11.8. The van der Waals surface area contributed by atoms with Gasteiger partial charge in [0.1, 0.15) is 0 Å². The lowest BCUT2D eigenvalue weighted by Gasteiger charge is -2.20. The van der Waals surface area contributed by atoms with Crippen molar-refractivity contribution in [2.45, 2.75) is 25.8 Å². The van der Waals surface area contributed by atoms with Gasteiger partial charge in [-0.05, 0) is 19.4 Å². The standard InChI is InChI=1S/C15H17NO2/c1-4-11-15(3,14(17)18-5-2)16-12-13-9-7-6-8-10-13/h1,6-10,12H,5,11H2,2-3H3. The fraction of sp³-hybridized carbons (Fsp3) is 0.333. The van der Waals surface area contributed by atoms with Gasteiger partial charge in [0.15, 0.2) is 5.54 Å². The summed E-state index contributed by atoms with van der Waals surface area (Å²) in [7, 11) is 0. The second-order valence-electron chi connectivity index (χ2n) is 4.04. The molecule has 1 aromatic carbocycles. The SMILES string of the molecule is C#CCC(C)(N=Cc1ccccc1)C(=O)OCC. The molecule has 0 N–H and O–H groups in total. The Hall–Kier alpha value is -2.08. The Morgan fingerprint density at radius 1 is 1.50 bits per heavy atom. The minimum Gasteiger partial charge on any atom is -0.464 e. The zero-order valence-electron chi connectivity index (χ0n) is 10.7. The summed E-state index contributed by atoms with van der Waals surface area (Å²) in [5, 5.41) is 0. The van der Waals surface area contributed by atoms with Gasteiger partial charge in [0.25, 0.3) is 0 Å². The number of carbonyl (C=O) groups excluding carboxylic acids is 1. The number of hydrogen-bond acceptors (Lipinski definition) is 3. The molecule has 0 aliphatic carbocycles. The maximum Gasteiger partial charge on any atom is 0.334 e. The van der Waals surface area contributed by atoms with Crippen LogP contribution < -0.4 is 0 Å². The third-order valence-electron chi connectivity index (χ3n) is 2.46. The van der Waals surface area contributed by atoms with Crippen LogP contribution in [0.4, 0.5) is 0 Å². The molecule has 0 aliphatic heterocycles. The van der Waals surface area contributed by atoms with E-state index in [9.17, 15) is 4.79 Å². The number of terminal acetylenes is 1. The van der Waals surface area contributed by atoms with Crippen LogP contribution in [0.1, 0.15) is 25.8 Å². The van der Waals surface area contributed by atoms with E-state index < -0.39 is 11.5 Å². The second-order valence-corrected chi connectivity index (χ2v) is 4.04. The van der Waals surface area contributed by atoms with Crippen molar-refractivity contribution in [3.05, 3.63) is 35.9 Å². The summed E-state index contributed by atoms with van der Waals surface area (Å²) < 4.78 is 5.00. The smallest absolute Gasteiger partial charge is 0.334 e. The molecule has 0 fully saturated rings. The summed E-state index contributed by atoms with van der Waals surface area (Å²) in [5.74, 6) is 2.08. The fourth-order valence-electron chi connectivity index (χ4n) is 1.41. The van der Waals surface area contributed by atoms with Crippen molar-refractivity contribution in [1.82, 2.24) is 0 Å². The Kier molecular flexibility index (Phi) is 5.13. The highest BCUT2D eigenvalue weighted by atomic mass is 16.5. The highest BCUT2D eigenvalue weighted by molar-refractivity contribution is 5.86. The Bertz CT molecular complexity index is 459. The Morgan fingerprint density at radius 3 is 2.72 bits per heavy atom. The van der Waals surface area contributed by atoms with E-state index in [4.69, 9.17) is 11.2 Å². The topological polar surface area (TPSA) is 38.7 Å². The van der Waals surface area contributed by atoms with E-state index in [1.165, 1.54) is 0 Å². The molecule has 0 saturated heterocycles. The van der Waals surface area contributed by atoms with Crippen LogP contribution in [0.25, 0.3) is 0 Å². The zero-order chi connectivity index (χ0) is 13.4. The molecule has 1 rings (SSSR count). The second kappa shape index (κ2) is 6.61. The van der Waals surface area contributed by atoms with Gasteiger partial charge in [-0.25, -0.2) is 4.79 Å². The van der Waals surface area contributed by atoms with Crippen molar-refractivity contribution in [3.8, 4) is 12.3 Å². The van der Waals surface area contributed by atoms with E-state index in [0.29, 0.717) is 6.61 Å². The first-order valence-electron chi connectivity index (χ1n) is 5.83. The number of benzene rings is 1. The van der Waals surface area contributed by atoms with E-state index in [1.54, 1.807) is 20.1 Å². The van der Waals surface area contributed by atoms with Crippen molar-refractivity contribution < 1.29 is 9.53 Å². The Balaban J connectivity index is 2.89. The molecule has 1 atom stereocenters. The van der Waals surface area contributed by atoms with Crippen molar-refractivity contribution in [3.63, 3.8) is 0 Å². The van der Waals surface area contributed by atoms with Crippen molar-refractivity contribution >= 4 is 12.2 Å². The number of esters is 1. The molecule has 0 radical (unpaired) electrons. The van der Waals surface area contributed by atoms with E-state index in [2.05, 4.69) is 10.9 Å². The summed E-state index contributed by atoms with van der Waals surface area (Å²) in [6.07, 6.45) is 7.15. The first-order valence-corrected chi connectivity index (χ1v) is 5.83. The molecule has 3 heteroatoms. The monoisotopic (exact) mass is 243 g/mol. The van der Waals surface area contributed by atoms with Gasteiger partial charge in [-0.15, -0.1) is 12.3 Å². The van der Waals surface area contributed by atoms with E-state index in [1.807, 2.05) is 30.3 Å². The van der Waals surface area contributed by atoms with E-state index >= 15 is 0 Å². The van der Waals surface area contributed by atoms with Gasteiger partial charge in [-0.1, -0.05) is 30.3 Å². The summed E-state index contributed by atoms with van der Waals surface area (Å²) >= 11 is 0. The summed E-state index contributed by atoms with van der Waals surface area (Å²) in [6, 6.07) is 9.55. The molecule has 0 aliphatic rings. The summed E-state index contributed by atoms with van der Waals surface area (Å²) in [5.41, 5.74) is -0.0920. The maximum absolute atomic E-state index is 11.8. The molecule has 0 aromatic heterocycles. The molecule has 18 heavy (non-hydrogen) atoms. The predicted molar refractivity (Wildman–Crippen MR) is 72.5 cm³/mol. The number of hydrogen-bond donors (Lipinski definition) is 0. The Labute approximate surface area is 108 Å². The Morgan fingerprint density at radius 2 is 2.17 bits per heavy atom. The highest BCUT2D eigenvalue weighted by Gasteiger charge is 2.32. The average molecular weight is 243 g/mol. The van der Waals surface area contributed by atoms with Crippen LogP contribution in [-0.4, -0.2) is 24.3 Å². The van der Waals surface area contributed by atoms with Gasteiger partial charge in [-0.2, -0.15) is 0 Å². The third kappa shape index (κ3) is 3.74. The first-order chi connectivity index (χ1) is 8.62. The van der Waals surface area contributed by atoms with Gasteiger partial charge >= 0.3 is 5.97 Å². The van der Waals surface area contributed by atoms with Gasteiger partial charge in [0.2, 0.25) is 0 Å². The minimum absolute atomic E-state index is 0.217. The molecule has 0 spiro atoms. The number of ether oxygens (including phenoxy) is 1. The highest BCUT2D eigenvalue weighted by Crippen LogP contribution is 2.17. The van der Waals surface area contributed by atoms with Gasteiger partial charge < -0.3 is 4.74 Å². The lowest BCUT2D eigenvalue weighted by atomic mass is 9.99. The number of carbonyl (C=O) groups is 1. The van der Waals surface area contributed by atoms with Crippen LogP contribution in [-0.2, 0) is 9.53 Å². The molecule has 0 amide bonds. The van der Waals surface area contributed by atoms with Gasteiger partial charge in [0, 0.05) is 12.6 Å². The number of aliphatic imine (C=N–C) groups is 1. The lowest BCUT2D eigenvalue weighted by Crippen LogP contribution is -2.35. The van der Waals surface area contributed by atoms with Crippen molar-refractivity contribution in [2.24, 2.45) is 4.99 Å². The van der Waals surface area contributed by atoms with Crippen LogP contribution in [0, 0.1) is 12.3 Å².